The molecule has 0 bridgehead atoms. The lowest BCUT2D eigenvalue weighted by molar-refractivity contribution is 0.0313. The van der Waals surface area contributed by atoms with Gasteiger partial charge < -0.3 is 9.47 Å². The van der Waals surface area contributed by atoms with Gasteiger partial charge in [0.05, 0.1) is 19.3 Å². The summed E-state index contributed by atoms with van der Waals surface area (Å²) in [5.74, 6) is 6.46. The van der Waals surface area contributed by atoms with Crippen molar-refractivity contribution in [2.45, 2.75) is 32.4 Å². The zero-order valence-electron chi connectivity index (χ0n) is 10.8. The molecule has 3 N–H and O–H groups in total. The molecular formula is C13H22N2O2. The summed E-state index contributed by atoms with van der Waals surface area (Å²) in [5, 5.41) is 0. The topological polar surface area (TPSA) is 56.5 Å². The van der Waals surface area contributed by atoms with E-state index >= 15 is 0 Å². The Hall–Kier alpha value is -1.10. The first kappa shape index (κ1) is 14.0. The summed E-state index contributed by atoms with van der Waals surface area (Å²) in [5.41, 5.74) is 3.90. The summed E-state index contributed by atoms with van der Waals surface area (Å²) in [7, 11) is 1.66. The number of ether oxygens (including phenoxy) is 2. The van der Waals surface area contributed by atoms with Gasteiger partial charge in [0.2, 0.25) is 0 Å². The van der Waals surface area contributed by atoms with Gasteiger partial charge in [-0.1, -0.05) is 19.1 Å². The van der Waals surface area contributed by atoms with Crippen molar-refractivity contribution < 1.29 is 9.47 Å². The van der Waals surface area contributed by atoms with Gasteiger partial charge in [-0.05, 0) is 31.0 Å². The molecule has 0 saturated carbocycles. The zero-order valence-corrected chi connectivity index (χ0v) is 10.8. The molecule has 2 unspecified atom stereocenters. The van der Waals surface area contributed by atoms with Crippen LogP contribution in [0.5, 0.6) is 5.75 Å². The highest BCUT2D eigenvalue weighted by Crippen LogP contribution is 2.24. The van der Waals surface area contributed by atoms with E-state index in [-0.39, 0.29) is 12.1 Å². The van der Waals surface area contributed by atoms with E-state index in [9.17, 15) is 0 Å². The molecule has 4 nitrogen and oxygen atoms in total. The van der Waals surface area contributed by atoms with E-state index in [4.69, 9.17) is 15.3 Å². The molecule has 0 aromatic heterocycles. The van der Waals surface area contributed by atoms with Crippen LogP contribution in [-0.4, -0.2) is 19.8 Å². The zero-order chi connectivity index (χ0) is 12.7. The molecule has 0 fully saturated rings. The first-order valence-electron chi connectivity index (χ1n) is 5.98. The largest absolute Gasteiger partial charge is 0.497 e. The van der Waals surface area contributed by atoms with Gasteiger partial charge in [-0.25, -0.2) is 0 Å². The number of hydrogen-bond acceptors (Lipinski definition) is 4. The molecule has 0 aliphatic heterocycles. The third-order valence-corrected chi connectivity index (χ3v) is 2.79. The minimum Gasteiger partial charge on any atom is -0.497 e. The van der Waals surface area contributed by atoms with Crippen molar-refractivity contribution in [3.05, 3.63) is 29.8 Å². The van der Waals surface area contributed by atoms with Crippen LogP contribution in [0.25, 0.3) is 0 Å². The third kappa shape index (κ3) is 3.70. The Kier molecular flexibility index (Phi) is 5.97. The number of nitrogens with one attached hydrogen (secondary N) is 1. The van der Waals surface area contributed by atoms with Gasteiger partial charge in [0.1, 0.15) is 5.75 Å². The Morgan fingerprint density at radius 2 is 2.12 bits per heavy atom. The summed E-state index contributed by atoms with van der Waals surface area (Å²) in [4.78, 5) is 0. The van der Waals surface area contributed by atoms with Crippen molar-refractivity contribution in [1.29, 1.82) is 0 Å². The van der Waals surface area contributed by atoms with E-state index in [1.54, 1.807) is 7.11 Å². The lowest BCUT2D eigenvalue weighted by Crippen LogP contribution is -2.37. The van der Waals surface area contributed by atoms with Crippen LogP contribution >= 0.6 is 0 Å². The monoisotopic (exact) mass is 238 g/mol. The van der Waals surface area contributed by atoms with Gasteiger partial charge in [-0.3, -0.25) is 11.3 Å². The molecule has 17 heavy (non-hydrogen) atoms. The second-order valence-corrected chi connectivity index (χ2v) is 3.82. The summed E-state index contributed by atoms with van der Waals surface area (Å²) < 4.78 is 10.9. The Balaban J connectivity index is 2.90. The first-order chi connectivity index (χ1) is 8.26. The second-order valence-electron chi connectivity index (χ2n) is 3.82. The molecule has 0 aliphatic carbocycles. The van der Waals surface area contributed by atoms with Crippen LogP contribution in [0.4, 0.5) is 0 Å². The number of rotatable bonds is 7. The van der Waals surface area contributed by atoms with Crippen LogP contribution in [-0.2, 0) is 4.74 Å². The summed E-state index contributed by atoms with van der Waals surface area (Å²) in [6, 6.07) is 7.85. The predicted molar refractivity (Wildman–Crippen MR) is 68.8 cm³/mol. The van der Waals surface area contributed by atoms with Crippen molar-refractivity contribution in [2.75, 3.05) is 13.7 Å². The maximum absolute atomic E-state index is 5.69. The summed E-state index contributed by atoms with van der Waals surface area (Å²) in [6.45, 7) is 4.76. The molecule has 1 aromatic carbocycles. The van der Waals surface area contributed by atoms with Gasteiger partial charge in [0.25, 0.3) is 0 Å². The molecule has 0 heterocycles. The highest BCUT2D eigenvalue weighted by Gasteiger charge is 2.21. The second kappa shape index (κ2) is 7.27. The molecule has 1 rings (SSSR count). The molecule has 2 atom stereocenters. The van der Waals surface area contributed by atoms with E-state index in [1.165, 1.54) is 0 Å². The van der Waals surface area contributed by atoms with E-state index in [2.05, 4.69) is 12.3 Å². The van der Waals surface area contributed by atoms with Crippen LogP contribution in [0.15, 0.2) is 24.3 Å². The Bertz CT molecular complexity index is 331. The number of hydrazine groups is 1. The van der Waals surface area contributed by atoms with Gasteiger partial charge in [-0.15, -0.1) is 0 Å². The fraction of sp³-hybridized carbons (Fsp3) is 0.538. The lowest BCUT2D eigenvalue weighted by atomic mass is 10.00. The molecule has 1 aromatic rings. The molecular weight excluding hydrogens is 216 g/mol. The SMILES string of the molecule is CCOC(CC)C(NN)c1cccc(OC)c1. The average molecular weight is 238 g/mol. The maximum Gasteiger partial charge on any atom is 0.119 e. The average Bonchev–Trinajstić information content (AvgIpc) is 2.38. The molecule has 0 spiro atoms. The fourth-order valence-corrected chi connectivity index (χ4v) is 1.92. The van der Waals surface area contributed by atoms with Crippen LogP contribution < -0.4 is 16.0 Å². The molecule has 96 valence electrons. The Morgan fingerprint density at radius 3 is 2.65 bits per heavy atom. The van der Waals surface area contributed by atoms with E-state index in [0.29, 0.717) is 6.61 Å². The summed E-state index contributed by atoms with van der Waals surface area (Å²) in [6.07, 6.45) is 0.969. The standard InChI is InChI=1S/C13H22N2O2/c1-4-12(17-5-2)13(15-14)10-7-6-8-11(9-10)16-3/h6-9,12-13,15H,4-5,14H2,1-3H3. The van der Waals surface area contributed by atoms with Crippen LogP contribution in [0.3, 0.4) is 0 Å². The van der Waals surface area contributed by atoms with Gasteiger partial charge in [-0.2, -0.15) is 0 Å². The highest BCUT2D eigenvalue weighted by atomic mass is 16.5. The fourth-order valence-electron chi connectivity index (χ4n) is 1.92. The lowest BCUT2D eigenvalue weighted by Gasteiger charge is -2.26. The van der Waals surface area contributed by atoms with Crippen molar-refractivity contribution in [3.63, 3.8) is 0 Å². The Morgan fingerprint density at radius 1 is 1.35 bits per heavy atom. The van der Waals surface area contributed by atoms with Crippen molar-refractivity contribution in [1.82, 2.24) is 5.43 Å². The van der Waals surface area contributed by atoms with Gasteiger partial charge >= 0.3 is 0 Å². The molecule has 4 heteroatoms. The molecule has 0 saturated heterocycles. The predicted octanol–water partition coefficient (Wildman–Crippen LogP) is 2.01. The minimum atomic E-state index is -0.0185. The third-order valence-electron chi connectivity index (χ3n) is 2.79. The van der Waals surface area contributed by atoms with E-state index < -0.39 is 0 Å². The van der Waals surface area contributed by atoms with Crippen molar-refractivity contribution in [3.8, 4) is 5.75 Å². The van der Waals surface area contributed by atoms with Crippen molar-refractivity contribution in [2.24, 2.45) is 5.84 Å². The van der Waals surface area contributed by atoms with Crippen molar-refractivity contribution >= 4 is 0 Å². The Labute approximate surface area is 103 Å². The van der Waals surface area contributed by atoms with Gasteiger partial charge in [0, 0.05) is 6.61 Å². The summed E-state index contributed by atoms with van der Waals surface area (Å²) >= 11 is 0. The number of hydrogen-bond donors (Lipinski definition) is 2. The number of nitrogens with two attached hydrogens (primary N) is 1. The van der Waals surface area contributed by atoms with E-state index in [1.807, 2.05) is 31.2 Å². The smallest absolute Gasteiger partial charge is 0.119 e. The van der Waals surface area contributed by atoms with E-state index in [0.717, 1.165) is 17.7 Å². The normalized spacial score (nSPS) is 14.4. The minimum absolute atomic E-state index is 0.0185. The highest BCUT2D eigenvalue weighted by molar-refractivity contribution is 5.31. The van der Waals surface area contributed by atoms with Crippen LogP contribution in [0.1, 0.15) is 31.9 Å². The molecule has 0 radical (unpaired) electrons. The number of benzene rings is 1. The molecule has 0 amide bonds. The van der Waals surface area contributed by atoms with Gasteiger partial charge in [0.15, 0.2) is 0 Å². The van der Waals surface area contributed by atoms with Crippen LogP contribution in [0, 0.1) is 0 Å². The quantitative estimate of drug-likeness (QED) is 0.563. The number of methoxy groups -OCH3 is 1. The van der Waals surface area contributed by atoms with Crippen LogP contribution in [0.2, 0.25) is 0 Å². The first-order valence-corrected chi connectivity index (χ1v) is 5.98. The molecule has 0 aliphatic rings. The maximum atomic E-state index is 5.69.